The molecule has 1 unspecified atom stereocenters. The quantitative estimate of drug-likeness (QED) is 0.262. The van der Waals surface area contributed by atoms with Crippen LogP contribution in [-0.2, 0) is 11.3 Å². The summed E-state index contributed by atoms with van der Waals surface area (Å²) in [5.41, 5.74) is 1.01. The molecule has 1 heterocycles. The van der Waals surface area contributed by atoms with Crippen LogP contribution in [0.5, 0.6) is 5.75 Å². The van der Waals surface area contributed by atoms with Crippen LogP contribution in [0.4, 0.5) is 11.4 Å². The van der Waals surface area contributed by atoms with Gasteiger partial charge in [0.25, 0.3) is 5.69 Å². The molecule has 9 nitrogen and oxygen atoms in total. The third-order valence-electron chi connectivity index (χ3n) is 4.52. The Labute approximate surface area is 194 Å². The fourth-order valence-corrected chi connectivity index (χ4v) is 3.98. The summed E-state index contributed by atoms with van der Waals surface area (Å²) in [6.07, 6.45) is -0.420. The third kappa shape index (κ3) is 5.57. The number of nitro groups is 1. The molecular weight excluding hydrogens is 454 g/mol. The number of rotatable bonds is 9. The highest BCUT2D eigenvalue weighted by atomic mass is 35.5. The molecular formula is C21H22ClN5O4S. The number of para-hydroxylation sites is 2. The van der Waals surface area contributed by atoms with E-state index in [1.807, 2.05) is 37.5 Å². The van der Waals surface area contributed by atoms with Gasteiger partial charge in [-0.1, -0.05) is 41.6 Å². The lowest BCUT2D eigenvalue weighted by atomic mass is 10.2. The van der Waals surface area contributed by atoms with Crippen molar-refractivity contribution in [2.45, 2.75) is 38.6 Å². The molecule has 0 saturated heterocycles. The Kier molecular flexibility index (Phi) is 7.70. The Morgan fingerprint density at radius 2 is 2.06 bits per heavy atom. The average Bonchev–Trinajstić information content (AvgIpc) is 3.18. The molecule has 1 atom stereocenters. The van der Waals surface area contributed by atoms with Crippen molar-refractivity contribution in [3.63, 3.8) is 0 Å². The number of carbonyl (C=O) groups is 1. The second-order valence-corrected chi connectivity index (χ2v) is 8.24. The van der Waals surface area contributed by atoms with Gasteiger partial charge in [-0.05, 0) is 44.5 Å². The van der Waals surface area contributed by atoms with Crippen LogP contribution in [0, 0.1) is 17.0 Å². The SMILES string of the molecule is CCn1c(SCC(=O)Nc2ccccc2[N+](=O)[O-])nnc1C(C)Oc1cc(C)ccc1Cl. The summed E-state index contributed by atoms with van der Waals surface area (Å²) < 4.78 is 7.86. The van der Waals surface area contributed by atoms with Crippen LogP contribution < -0.4 is 10.1 Å². The summed E-state index contributed by atoms with van der Waals surface area (Å²) in [7, 11) is 0. The maximum atomic E-state index is 12.4. The maximum Gasteiger partial charge on any atom is 0.292 e. The van der Waals surface area contributed by atoms with Crippen molar-refractivity contribution in [3.8, 4) is 5.75 Å². The Morgan fingerprint density at radius 3 is 2.78 bits per heavy atom. The summed E-state index contributed by atoms with van der Waals surface area (Å²) >= 11 is 7.42. The first-order valence-electron chi connectivity index (χ1n) is 9.82. The molecule has 0 aliphatic carbocycles. The summed E-state index contributed by atoms with van der Waals surface area (Å²) in [4.78, 5) is 22.9. The van der Waals surface area contributed by atoms with Crippen molar-refractivity contribution >= 4 is 40.6 Å². The van der Waals surface area contributed by atoms with Crippen molar-refractivity contribution in [2.24, 2.45) is 0 Å². The van der Waals surface area contributed by atoms with Gasteiger partial charge in [-0.2, -0.15) is 0 Å². The van der Waals surface area contributed by atoms with Gasteiger partial charge in [0.05, 0.1) is 15.7 Å². The number of aromatic nitrogens is 3. The summed E-state index contributed by atoms with van der Waals surface area (Å²) in [6, 6.07) is 11.5. The van der Waals surface area contributed by atoms with Crippen LogP contribution in [0.1, 0.15) is 31.3 Å². The van der Waals surface area contributed by atoms with Crippen molar-refractivity contribution in [2.75, 3.05) is 11.1 Å². The van der Waals surface area contributed by atoms with Crippen molar-refractivity contribution in [3.05, 3.63) is 69.0 Å². The molecule has 0 spiro atoms. The van der Waals surface area contributed by atoms with Gasteiger partial charge in [-0.3, -0.25) is 14.9 Å². The molecule has 3 aromatic rings. The van der Waals surface area contributed by atoms with Crippen LogP contribution in [0.25, 0.3) is 0 Å². The average molecular weight is 476 g/mol. The normalized spacial score (nSPS) is 11.8. The highest BCUT2D eigenvalue weighted by molar-refractivity contribution is 7.99. The molecule has 2 aromatic carbocycles. The van der Waals surface area contributed by atoms with Crippen molar-refractivity contribution in [1.29, 1.82) is 0 Å². The lowest BCUT2D eigenvalue weighted by Crippen LogP contribution is -2.16. The first kappa shape index (κ1) is 23.6. The first-order chi connectivity index (χ1) is 15.3. The summed E-state index contributed by atoms with van der Waals surface area (Å²) in [6.45, 7) is 6.32. The van der Waals surface area contributed by atoms with E-state index < -0.39 is 11.0 Å². The van der Waals surface area contributed by atoms with Crippen molar-refractivity contribution in [1.82, 2.24) is 14.8 Å². The topological polar surface area (TPSA) is 112 Å². The third-order valence-corrected chi connectivity index (χ3v) is 5.80. The van der Waals surface area contributed by atoms with Crippen LogP contribution >= 0.6 is 23.4 Å². The number of hydrogen-bond donors (Lipinski definition) is 1. The molecule has 32 heavy (non-hydrogen) atoms. The monoisotopic (exact) mass is 475 g/mol. The molecule has 1 N–H and O–H groups in total. The van der Waals surface area contributed by atoms with E-state index in [0.717, 1.165) is 5.56 Å². The fourth-order valence-electron chi connectivity index (χ4n) is 3.00. The Balaban J connectivity index is 1.68. The van der Waals surface area contributed by atoms with Gasteiger partial charge in [0.15, 0.2) is 17.1 Å². The smallest absolute Gasteiger partial charge is 0.292 e. The molecule has 3 rings (SSSR count). The van der Waals surface area contributed by atoms with Gasteiger partial charge >= 0.3 is 0 Å². The number of carbonyl (C=O) groups excluding carboxylic acids is 1. The zero-order valence-corrected chi connectivity index (χ0v) is 19.3. The van der Waals surface area contributed by atoms with Gasteiger partial charge in [0.1, 0.15) is 11.4 Å². The molecule has 1 amide bonds. The predicted octanol–water partition coefficient (Wildman–Crippen LogP) is 5.04. The number of benzene rings is 2. The lowest BCUT2D eigenvalue weighted by Gasteiger charge is -2.16. The minimum Gasteiger partial charge on any atom is -0.481 e. The molecule has 0 fully saturated rings. The van der Waals surface area contributed by atoms with E-state index in [2.05, 4.69) is 15.5 Å². The maximum absolute atomic E-state index is 12.4. The molecule has 0 saturated carbocycles. The van der Waals surface area contributed by atoms with Crippen LogP contribution in [-0.4, -0.2) is 31.3 Å². The number of anilines is 1. The molecule has 168 valence electrons. The number of aryl methyl sites for hydroxylation is 1. The molecule has 11 heteroatoms. The van der Waals surface area contributed by atoms with Crippen molar-refractivity contribution < 1.29 is 14.5 Å². The molecule has 0 aliphatic heterocycles. The van der Waals surface area contributed by atoms with Gasteiger partial charge < -0.3 is 14.6 Å². The number of nitrogens with one attached hydrogen (secondary N) is 1. The van der Waals surface area contributed by atoms with Gasteiger partial charge in [-0.15, -0.1) is 10.2 Å². The van der Waals surface area contributed by atoms with E-state index in [9.17, 15) is 14.9 Å². The lowest BCUT2D eigenvalue weighted by molar-refractivity contribution is -0.383. The summed E-state index contributed by atoms with van der Waals surface area (Å²) in [5.74, 6) is 0.797. The van der Waals surface area contributed by atoms with E-state index in [1.54, 1.807) is 18.2 Å². The van der Waals surface area contributed by atoms with E-state index in [0.29, 0.717) is 28.3 Å². The minimum absolute atomic E-state index is 0.0170. The highest BCUT2D eigenvalue weighted by Gasteiger charge is 2.21. The number of nitro benzene ring substituents is 1. The zero-order valence-electron chi connectivity index (χ0n) is 17.7. The van der Waals surface area contributed by atoms with Crippen LogP contribution in [0.15, 0.2) is 47.6 Å². The minimum atomic E-state index is -0.537. The number of thioether (sulfide) groups is 1. The Morgan fingerprint density at radius 1 is 1.31 bits per heavy atom. The molecule has 0 radical (unpaired) electrons. The zero-order chi connectivity index (χ0) is 23.3. The number of amides is 1. The van der Waals surface area contributed by atoms with Crippen LogP contribution in [0.2, 0.25) is 5.02 Å². The highest BCUT2D eigenvalue weighted by Crippen LogP contribution is 2.31. The Hall–Kier alpha value is -3.11. The Bertz CT molecular complexity index is 1140. The largest absolute Gasteiger partial charge is 0.481 e. The predicted molar refractivity (Wildman–Crippen MR) is 123 cm³/mol. The fraction of sp³-hybridized carbons (Fsp3) is 0.286. The number of hydrogen-bond acceptors (Lipinski definition) is 7. The number of ether oxygens (including phenoxy) is 1. The van der Waals surface area contributed by atoms with Gasteiger partial charge in [-0.25, -0.2) is 0 Å². The molecule has 1 aromatic heterocycles. The van der Waals surface area contributed by atoms with E-state index in [4.69, 9.17) is 16.3 Å². The number of nitrogens with zero attached hydrogens (tertiary/aromatic N) is 4. The van der Waals surface area contributed by atoms with Crippen LogP contribution in [0.3, 0.4) is 0 Å². The first-order valence-corrected chi connectivity index (χ1v) is 11.2. The standard InChI is InChI=1S/C21H22ClN5O4S/c1-4-26-20(14(3)31-18-11-13(2)9-10-15(18)22)24-25-21(26)32-12-19(28)23-16-7-5-6-8-17(16)27(29)30/h5-11,14H,4,12H2,1-3H3,(H,23,28). The summed E-state index contributed by atoms with van der Waals surface area (Å²) in [5, 5.41) is 23.2. The van der Waals surface area contributed by atoms with E-state index >= 15 is 0 Å². The van der Waals surface area contributed by atoms with E-state index in [-0.39, 0.29) is 23.0 Å². The van der Waals surface area contributed by atoms with E-state index in [1.165, 1.54) is 23.9 Å². The van der Waals surface area contributed by atoms with Gasteiger partial charge in [0, 0.05) is 12.6 Å². The second kappa shape index (κ2) is 10.5. The number of halogens is 1. The van der Waals surface area contributed by atoms with Gasteiger partial charge in [0.2, 0.25) is 5.91 Å². The second-order valence-electron chi connectivity index (χ2n) is 6.89. The molecule has 0 aliphatic rings. The molecule has 0 bridgehead atoms.